The second-order valence-corrected chi connectivity index (χ2v) is 4.13. The van der Waals surface area contributed by atoms with Gasteiger partial charge in [-0.15, -0.1) is 0 Å². The predicted octanol–water partition coefficient (Wildman–Crippen LogP) is 2.12. The van der Waals surface area contributed by atoms with Crippen LogP contribution in [-0.4, -0.2) is 17.6 Å². The highest BCUT2D eigenvalue weighted by molar-refractivity contribution is 5.80. The smallest absolute Gasteiger partial charge is 0.239 e. The largest absolute Gasteiger partial charge is 0.508 e. The first-order valence-electron chi connectivity index (χ1n) is 6.08. The van der Waals surface area contributed by atoms with Crippen LogP contribution in [0.5, 0.6) is 5.75 Å². The fraction of sp³-hybridized carbons (Fsp3) is 0.133. The highest BCUT2D eigenvalue weighted by Crippen LogP contribution is 2.14. The van der Waals surface area contributed by atoms with Crippen molar-refractivity contribution in [3.63, 3.8) is 0 Å². The number of carbonyl (C=O) groups is 1. The Kier molecular flexibility index (Phi) is 4.39. The van der Waals surface area contributed by atoms with Crippen molar-refractivity contribution in [2.75, 3.05) is 11.9 Å². The van der Waals surface area contributed by atoms with Gasteiger partial charge in [0.25, 0.3) is 0 Å². The van der Waals surface area contributed by atoms with Crippen LogP contribution in [0.3, 0.4) is 0 Å². The lowest BCUT2D eigenvalue weighted by atomic mass is 10.2. The van der Waals surface area contributed by atoms with E-state index >= 15 is 0 Å². The van der Waals surface area contributed by atoms with Crippen LogP contribution in [0.2, 0.25) is 0 Å². The number of phenolic OH excluding ortho intramolecular Hbond substituents is 1. The van der Waals surface area contributed by atoms with Crippen LogP contribution in [0, 0.1) is 0 Å². The molecule has 0 aliphatic carbocycles. The summed E-state index contributed by atoms with van der Waals surface area (Å²) in [4.78, 5) is 11.6. The lowest BCUT2D eigenvalue weighted by molar-refractivity contribution is -0.119. The van der Waals surface area contributed by atoms with Crippen molar-refractivity contribution < 1.29 is 9.90 Å². The predicted molar refractivity (Wildman–Crippen MR) is 74.9 cm³/mol. The van der Waals surface area contributed by atoms with Crippen molar-refractivity contribution in [3.05, 3.63) is 60.2 Å². The Balaban J connectivity index is 1.78. The van der Waals surface area contributed by atoms with E-state index in [4.69, 9.17) is 0 Å². The summed E-state index contributed by atoms with van der Waals surface area (Å²) in [7, 11) is 0. The summed E-state index contributed by atoms with van der Waals surface area (Å²) in [6.07, 6.45) is 0. The number of hydrogen-bond donors (Lipinski definition) is 3. The molecule has 0 aliphatic rings. The first kappa shape index (κ1) is 13.0. The average Bonchev–Trinajstić information content (AvgIpc) is 2.45. The van der Waals surface area contributed by atoms with E-state index in [1.165, 1.54) is 0 Å². The van der Waals surface area contributed by atoms with Crippen molar-refractivity contribution >= 4 is 11.6 Å². The van der Waals surface area contributed by atoms with Crippen LogP contribution >= 0.6 is 0 Å². The zero-order valence-electron chi connectivity index (χ0n) is 10.5. The summed E-state index contributed by atoms with van der Waals surface area (Å²) in [5.41, 5.74) is 1.61. The molecule has 19 heavy (non-hydrogen) atoms. The maximum Gasteiger partial charge on any atom is 0.239 e. The van der Waals surface area contributed by atoms with Gasteiger partial charge in [0.15, 0.2) is 0 Å². The number of aromatic hydroxyl groups is 1. The maximum absolute atomic E-state index is 11.6. The van der Waals surface area contributed by atoms with Crippen LogP contribution in [-0.2, 0) is 11.3 Å². The van der Waals surface area contributed by atoms with E-state index in [0.29, 0.717) is 12.1 Å². The zero-order chi connectivity index (χ0) is 13.5. The van der Waals surface area contributed by atoms with Crippen molar-refractivity contribution in [1.82, 2.24) is 5.32 Å². The third-order valence-electron chi connectivity index (χ3n) is 2.69. The summed E-state index contributed by atoms with van der Waals surface area (Å²) in [5.74, 6) is 0.0749. The third-order valence-corrected chi connectivity index (χ3v) is 2.69. The van der Waals surface area contributed by atoms with Crippen LogP contribution < -0.4 is 10.6 Å². The molecule has 0 heterocycles. The monoisotopic (exact) mass is 256 g/mol. The van der Waals surface area contributed by atoms with Gasteiger partial charge in [-0.25, -0.2) is 0 Å². The Morgan fingerprint density at radius 1 is 1.00 bits per heavy atom. The lowest BCUT2D eigenvalue weighted by Crippen LogP contribution is -2.29. The van der Waals surface area contributed by atoms with E-state index in [2.05, 4.69) is 10.6 Å². The van der Waals surface area contributed by atoms with Gasteiger partial charge in [-0.1, -0.05) is 36.4 Å². The molecule has 4 nitrogen and oxygen atoms in total. The van der Waals surface area contributed by atoms with Gasteiger partial charge in [-0.3, -0.25) is 4.79 Å². The van der Waals surface area contributed by atoms with Gasteiger partial charge in [-0.2, -0.15) is 0 Å². The SMILES string of the molecule is O=C(CNc1ccccc1)NCc1ccccc1O. The molecule has 0 bridgehead atoms. The van der Waals surface area contributed by atoms with E-state index in [1.807, 2.05) is 36.4 Å². The molecule has 2 aromatic rings. The molecule has 0 saturated carbocycles. The summed E-state index contributed by atoms with van der Waals surface area (Å²) in [6.45, 7) is 0.527. The maximum atomic E-state index is 11.6. The summed E-state index contributed by atoms with van der Waals surface area (Å²) in [5, 5.41) is 15.3. The summed E-state index contributed by atoms with van der Waals surface area (Å²) >= 11 is 0. The second kappa shape index (κ2) is 6.44. The molecule has 2 rings (SSSR count). The highest BCUT2D eigenvalue weighted by Gasteiger charge is 2.03. The van der Waals surface area contributed by atoms with Crippen molar-refractivity contribution in [2.24, 2.45) is 0 Å². The molecule has 0 atom stereocenters. The van der Waals surface area contributed by atoms with Crippen molar-refractivity contribution in [3.8, 4) is 5.75 Å². The number of amides is 1. The average molecular weight is 256 g/mol. The number of benzene rings is 2. The van der Waals surface area contributed by atoms with Gasteiger partial charge in [-0.05, 0) is 18.2 Å². The molecule has 0 aromatic heterocycles. The molecule has 3 N–H and O–H groups in total. The number of para-hydroxylation sites is 2. The normalized spacial score (nSPS) is 9.89. The minimum Gasteiger partial charge on any atom is -0.508 e. The van der Waals surface area contributed by atoms with Crippen LogP contribution in [0.1, 0.15) is 5.56 Å². The Hall–Kier alpha value is -2.49. The third kappa shape index (κ3) is 4.03. The van der Waals surface area contributed by atoms with Gasteiger partial charge in [0.2, 0.25) is 5.91 Å². The highest BCUT2D eigenvalue weighted by atomic mass is 16.3. The van der Waals surface area contributed by atoms with Crippen molar-refractivity contribution in [1.29, 1.82) is 0 Å². The Morgan fingerprint density at radius 2 is 1.68 bits per heavy atom. The number of hydrogen-bond acceptors (Lipinski definition) is 3. The number of rotatable bonds is 5. The van der Waals surface area contributed by atoms with E-state index in [-0.39, 0.29) is 18.2 Å². The number of carbonyl (C=O) groups excluding carboxylic acids is 1. The Bertz CT molecular complexity index is 541. The quantitative estimate of drug-likeness (QED) is 0.768. The van der Waals surface area contributed by atoms with Crippen LogP contribution in [0.4, 0.5) is 5.69 Å². The molecule has 2 aromatic carbocycles. The standard InChI is InChI=1S/C15H16N2O2/c18-14-9-5-4-6-12(14)10-17-15(19)11-16-13-7-2-1-3-8-13/h1-9,16,18H,10-11H2,(H,17,19). The van der Waals surface area contributed by atoms with Crippen molar-refractivity contribution in [2.45, 2.75) is 6.54 Å². The number of anilines is 1. The zero-order valence-corrected chi connectivity index (χ0v) is 10.5. The molecular weight excluding hydrogens is 240 g/mol. The second-order valence-electron chi connectivity index (χ2n) is 4.13. The Labute approximate surface area is 112 Å². The van der Waals surface area contributed by atoms with Gasteiger partial charge in [0.1, 0.15) is 5.75 Å². The van der Waals surface area contributed by atoms with Gasteiger partial charge in [0.05, 0.1) is 6.54 Å². The lowest BCUT2D eigenvalue weighted by Gasteiger charge is -2.08. The molecule has 1 amide bonds. The molecule has 0 saturated heterocycles. The molecule has 0 fully saturated rings. The van der Waals surface area contributed by atoms with E-state index < -0.39 is 0 Å². The molecule has 0 aliphatic heterocycles. The topological polar surface area (TPSA) is 61.4 Å². The number of phenols is 1. The van der Waals surface area contributed by atoms with Gasteiger partial charge in [0, 0.05) is 17.8 Å². The van der Waals surface area contributed by atoms with Gasteiger partial charge >= 0.3 is 0 Å². The summed E-state index contributed by atoms with van der Waals surface area (Å²) < 4.78 is 0. The van der Waals surface area contributed by atoms with Crippen LogP contribution in [0.15, 0.2) is 54.6 Å². The molecule has 98 valence electrons. The van der Waals surface area contributed by atoms with E-state index in [1.54, 1.807) is 18.2 Å². The van der Waals surface area contributed by atoms with Gasteiger partial charge < -0.3 is 15.7 Å². The minimum absolute atomic E-state index is 0.118. The fourth-order valence-corrected chi connectivity index (χ4v) is 1.65. The number of nitrogens with one attached hydrogen (secondary N) is 2. The summed E-state index contributed by atoms with van der Waals surface area (Å²) in [6, 6.07) is 16.5. The molecule has 0 unspecified atom stereocenters. The van der Waals surface area contributed by atoms with Crippen LogP contribution in [0.25, 0.3) is 0 Å². The molecule has 4 heteroatoms. The first-order chi connectivity index (χ1) is 9.25. The first-order valence-corrected chi connectivity index (χ1v) is 6.08. The Morgan fingerprint density at radius 3 is 2.42 bits per heavy atom. The minimum atomic E-state index is -0.118. The molecular formula is C15H16N2O2. The fourth-order valence-electron chi connectivity index (χ4n) is 1.65. The molecule has 0 radical (unpaired) electrons. The van der Waals surface area contributed by atoms with E-state index in [9.17, 15) is 9.90 Å². The molecule has 0 spiro atoms. The van der Waals surface area contributed by atoms with E-state index in [0.717, 1.165) is 5.69 Å².